The first-order valence-corrected chi connectivity index (χ1v) is 6.99. The summed E-state index contributed by atoms with van der Waals surface area (Å²) in [7, 11) is 0. The highest BCUT2D eigenvalue weighted by atomic mass is 127. The number of carbonyl (C=O) groups is 1. The molecule has 0 saturated carbocycles. The summed E-state index contributed by atoms with van der Waals surface area (Å²) < 4.78 is 8.30. The van der Waals surface area contributed by atoms with Gasteiger partial charge in [-0.2, -0.15) is 0 Å². The summed E-state index contributed by atoms with van der Waals surface area (Å²) in [4.78, 5) is 12.0. The molecular weight excluding hydrogens is 341 g/mol. The van der Waals surface area contributed by atoms with Gasteiger partial charge >= 0.3 is 5.97 Å². The van der Waals surface area contributed by atoms with Crippen molar-refractivity contribution in [3.8, 4) is 0 Å². The summed E-state index contributed by atoms with van der Waals surface area (Å²) in [6.07, 6.45) is 1.94. The van der Waals surface area contributed by atoms with E-state index in [1.807, 2.05) is 49.7 Å². The van der Waals surface area contributed by atoms with Crippen LogP contribution in [0.15, 0.2) is 30.5 Å². The van der Waals surface area contributed by atoms with E-state index >= 15 is 0 Å². The van der Waals surface area contributed by atoms with Crippen molar-refractivity contribution >= 4 is 39.5 Å². The molecule has 1 aromatic heterocycles. The fourth-order valence-electron chi connectivity index (χ4n) is 2.01. The number of ether oxygens (including phenoxy) is 1. The number of hydrogen-bond acceptors (Lipinski definition) is 2. The van der Waals surface area contributed by atoms with Gasteiger partial charge in [0.15, 0.2) is 0 Å². The summed E-state index contributed by atoms with van der Waals surface area (Å²) in [5, 5.41) is 1.14. The molecule has 1 heterocycles. The topological polar surface area (TPSA) is 31.2 Å². The van der Waals surface area contributed by atoms with Gasteiger partial charge in [0.2, 0.25) is 0 Å². The van der Waals surface area contributed by atoms with Crippen LogP contribution in [-0.4, -0.2) is 17.1 Å². The quantitative estimate of drug-likeness (QED) is 0.622. The van der Waals surface area contributed by atoms with E-state index in [1.54, 1.807) is 0 Å². The van der Waals surface area contributed by atoms with E-state index in [-0.39, 0.29) is 5.97 Å². The van der Waals surface area contributed by atoms with E-state index in [4.69, 9.17) is 4.74 Å². The number of carbonyl (C=O) groups excluding carboxylic acids is 1. The van der Waals surface area contributed by atoms with Crippen LogP contribution in [0.5, 0.6) is 0 Å². The normalized spacial score (nSPS) is 11.8. The zero-order valence-electron chi connectivity index (χ0n) is 10.7. The van der Waals surface area contributed by atoms with Gasteiger partial charge in [-0.25, -0.2) is 4.79 Å². The molecule has 4 heteroatoms. The van der Waals surface area contributed by atoms with Crippen molar-refractivity contribution in [2.24, 2.45) is 0 Å². The largest absolute Gasteiger partial charge is 0.464 e. The molecule has 0 atom stereocenters. The molecule has 3 nitrogen and oxygen atoms in total. The number of nitrogens with zero attached hydrogens (tertiary/aromatic N) is 1. The molecular formula is C14H16INO2. The van der Waals surface area contributed by atoms with Crippen LogP contribution in [0.4, 0.5) is 0 Å². The van der Waals surface area contributed by atoms with E-state index in [0.29, 0.717) is 6.61 Å². The lowest BCUT2D eigenvalue weighted by Gasteiger charge is -2.25. The lowest BCUT2D eigenvalue weighted by atomic mass is 10.1. The minimum absolute atomic E-state index is 0.207. The van der Waals surface area contributed by atoms with E-state index in [0.717, 1.165) is 10.9 Å². The van der Waals surface area contributed by atoms with Crippen LogP contribution in [0.2, 0.25) is 0 Å². The van der Waals surface area contributed by atoms with Gasteiger partial charge in [0.1, 0.15) is 5.54 Å². The first-order valence-electron chi connectivity index (χ1n) is 5.91. The molecule has 18 heavy (non-hydrogen) atoms. The number of hydrogen-bond donors (Lipinski definition) is 0. The van der Waals surface area contributed by atoms with Gasteiger partial charge in [-0.1, -0.05) is 0 Å². The Morgan fingerprint density at radius 2 is 2.11 bits per heavy atom. The fourth-order valence-corrected chi connectivity index (χ4v) is 2.52. The fraction of sp³-hybridized carbons (Fsp3) is 0.357. The zero-order chi connectivity index (χ0) is 13.3. The summed E-state index contributed by atoms with van der Waals surface area (Å²) in [5.74, 6) is -0.207. The number of rotatable bonds is 3. The molecule has 0 aliphatic rings. The molecule has 2 rings (SSSR count). The van der Waals surface area contributed by atoms with E-state index in [1.165, 1.54) is 3.57 Å². The number of benzene rings is 1. The Bertz CT molecular complexity index is 586. The Balaban J connectivity index is 2.50. The Hall–Kier alpha value is -1.04. The van der Waals surface area contributed by atoms with Crippen LogP contribution in [0.1, 0.15) is 20.8 Å². The zero-order valence-corrected chi connectivity index (χ0v) is 12.9. The molecule has 0 aliphatic carbocycles. The van der Waals surface area contributed by atoms with Crippen molar-refractivity contribution in [3.05, 3.63) is 34.0 Å². The van der Waals surface area contributed by atoms with Crippen LogP contribution in [0.3, 0.4) is 0 Å². The maximum Gasteiger partial charge on any atom is 0.331 e. The minimum atomic E-state index is -0.690. The third-order valence-electron chi connectivity index (χ3n) is 3.03. The standard InChI is InChI=1S/C14H16INO2/c1-4-18-13(17)14(2,3)16-8-7-10-9-11(15)5-6-12(10)16/h5-9H,4H2,1-3H3. The van der Waals surface area contributed by atoms with E-state index < -0.39 is 5.54 Å². The van der Waals surface area contributed by atoms with E-state index in [9.17, 15) is 4.79 Å². The van der Waals surface area contributed by atoms with Gasteiger partial charge in [0.05, 0.1) is 6.61 Å². The molecule has 0 unspecified atom stereocenters. The van der Waals surface area contributed by atoms with Crippen molar-refractivity contribution in [2.75, 3.05) is 6.61 Å². The van der Waals surface area contributed by atoms with Crippen LogP contribution < -0.4 is 0 Å². The molecule has 0 amide bonds. The predicted octanol–water partition coefficient (Wildman–Crippen LogP) is 3.54. The summed E-state index contributed by atoms with van der Waals surface area (Å²) in [6.45, 7) is 5.98. The van der Waals surface area contributed by atoms with Crippen molar-refractivity contribution in [1.82, 2.24) is 4.57 Å². The van der Waals surface area contributed by atoms with Crippen molar-refractivity contribution in [1.29, 1.82) is 0 Å². The van der Waals surface area contributed by atoms with Gasteiger partial charge < -0.3 is 9.30 Å². The summed E-state index contributed by atoms with van der Waals surface area (Å²) >= 11 is 2.28. The number of halogens is 1. The van der Waals surface area contributed by atoms with Crippen LogP contribution in [0, 0.1) is 3.57 Å². The van der Waals surface area contributed by atoms with Gasteiger partial charge in [-0.3, -0.25) is 0 Å². The summed E-state index contributed by atoms with van der Waals surface area (Å²) in [6, 6.07) is 8.21. The van der Waals surface area contributed by atoms with Crippen molar-refractivity contribution < 1.29 is 9.53 Å². The SMILES string of the molecule is CCOC(=O)C(C)(C)n1ccc2cc(I)ccc21. The molecule has 1 aromatic carbocycles. The van der Waals surface area contributed by atoms with Gasteiger partial charge in [0.25, 0.3) is 0 Å². The number of aromatic nitrogens is 1. The molecule has 0 fully saturated rings. The lowest BCUT2D eigenvalue weighted by Crippen LogP contribution is -2.36. The average molecular weight is 357 g/mol. The first-order chi connectivity index (χ1) is 8.46. The second-order valence-corrected chi connectivity index (χ2v) is 5.91. The van der Waals surface area contributed by atoms with Crippen LogP contribution in [0.25, 0.3) is 10.9 Å². The Morgan fingerprint density at radius 3 is 2.78 bits per heavy atom. The average Bonchev–Trinajstić information content (AvgIpc) is 2.72. The van der Waals surface area contributed by atoms with Crippen LogP contribution >= 0.6 is 22.6 Å². The minimum Gasteiger partial charge on any atom is -0.464 e. The lowest BCUT2D eigenvalue weighted by molar-refractivity contribution is -0.151. The number of fused-ring (bicyclic) bond motifs is 1. The van der Waals surface area contributed by atoms with Crippen molar-refractivity contribution in [2.45, 2.75) is 26.3 Å². The molecule has 0 bridgehead atoms. The molecule has 0 saturated heterocycles. The molecule has 0 radical (unpaired) electrons. The predicted molar refractivity (Wildman–Crippen MR) is 80.6 cm³/mol. The third-order valence-corrected chi connectivity index (χ3v) is 3.70. The molecule has 96 valence electrons. The second-order valence-electron chi connectivity index (χ2n) is 4.67. The van der Waals surface area contributed by atoms with Gasteiger partial charge in [-0.05, 0) is 67.6 Å². The second kappa shape index (κ2) is 4.91. The molecule has 0 N–H and O–H groups in total. The maximum atomic E-state index is 12.0. The van der Waals surface area contributed by atoms with Crippen molar-refractivity contribution in [3.63, 3.8) is 0 Å². The summed E-state index contributed by atoms with van der Waals surface area (Å²) in [5.41, 5.74) is 0.360. The highest BCUT2D eigenvalue weighted by Crippen LogP contribution is 2.26. The Morgan fingerprint density at radius 1 is 1.39 bits per heavy atom. The molecule has 2 aromatic rings. The van der Waals surface area contributed by atoms with E-state index in [2.05, 4.69) is 28.7 Å². The highest BCUT2D eigenvalue weighted by molar-refractivity contribution is 14.1. The Labute approximate surface area is 120 Å². The Kier molecular flexibility index (Phi) is 3.66. The highest BCUT2D eigenvalue weighted by Gasteiger charge is 2.31. The van der Waals surface area contributed by atoms with Gasteiger partial charge in [0, 0.05) is 20.7 Å². The first kappa shape index (κ1) is 13.4. The smallest absolute Gasteiger partial charge is 0.331 e. The van der Waals surface area contributed by atoms with Crippen LogP contribution in [-0.2, 0) is 15.1 Å². The molecule has 0 aliphatic heterocycles. The monoisotopic (exact) mass is 357 g/mol. The maximum absolute atomic E-state index is 12.0. The number of esters is 1. The molecule has 0 spiro atoms. The third kappa shape index (κ3) is 2.25. The van der Waals surface area contributed by atoms with Gasteiger partial charge in [-0.15, -0.1) is 0 Å².